The van der Waals surface area contributed by atoms with E-state index in [0.29, 0.717) is 30.9 Å². The van der Waals surface area contributed by atoms with Gasteiger partial charge < -0.3 is 24.7 Å². The minimum atomic E-state index is -1.22. The van der Waals surface area contributed by atoms with Crippen molar-refractivity contribution in [3.05, 3.63) is 24.3 Å². The standard InChI is InChI=1S/C16H19NO5/c1-2-21-10-6-4-3-5-9(10)17-15(18)13-11-7-8-12(22-11)14(13)16(19)20/h3-6,11-14H,2,7-8H2,1H3,(H,17,18)(H,19,20)/p-1/t11-,12+,13+,14-/m0/s1. The molecule has 0 aromatic heterocycles. The van der Waals surface area contributed by atoms with E-state index in [9.17, 15) is 14.7 Å². The van der Waals surface area contributed by atoms with Crippen LogP contribution in [0.25, 0.3) is 0 Å². The molecule has 2 heterocycles. The number of aliphatic carboxylic acids is 1. The lowest BCUT2D eigenvalue weighted by molar-refractivity contribution is -0.313. The van der Waals surface area contributed by atoms with Crippen LogP contribution >= 0.6 is 0 Å². The van der Waals surface area contributed by atoms with Crippen LogP contribution in [-0.2, 0) is 14.3 Å². The zero-order valence-electron chi connectivity index (χ0n) is 12.3. The SMILES string of the molecule is CCOc1ccccc1NC(=O)[C@H]1[C@@H](C(=O)[O-])[C@H]2CC[C@@H]1O2. The predicted octanol–water partition coefficient (Wildman–Crippen LogP) is 0.567. The highest BCUT2D eigenvalue weighted by molar-refractivity contribution is 5.97. The molecule has 3 rings (SSSR count). The smallest absolute Gasteiger partial charge is 0.230 e. The lowest BCUT2D eigenvalue weighted by atomic mass is 9.78. The van der Waals surface area contributed by atoms with Gasteiger partial charge in [-0.15, -0.1) is 0 Å². The zero-order chi connectivity index (χ0) is 15.7. The number of fused-ring (bicyclic) bond motifs is 2. The molecule has 0 radical (unpaired) electrons. The highest BCUT2D eigenvalue weighted by Crippen LogP contribution is 2.44. The molecule has 2 saturated heterocycles. The minimum Gasteiger partial charge on any atom is -0.550 e. The molecule has 0 saturated carbocycles. The van der Waals surface area contributed by atoms with E-state index in [2.05, 4.69) is 5.32 Å². The summed E-state index contributed by atoms with van der Waals surface area (Å²) in [4.78, 5) is 23.9. The number of ether oxygens (including phenoxy) is 2. The van der Waals surface area contributed by atoms with Crippen LogP contribution in [0.3, 0.4) is 0 Å². The van der Waals surface area contributed by atoms with E-state index in [0.717, 1.165) is 0 Å². The zero-order valence-corrected chi connectivity index (χ0v) is 12.3. The van der Waals surface area contributed by atoms with Crippen molar-refractivity contribution >= 4 is 17.6 Å². The van der Waals surface area contributed by atoms with Crippen LogP contribution in [0.4, 0.5) is 5.69 Å². The number of nitrogens with one attached hydrogen (secondary N) is 1. The fourth-order valence-electron chi connectivity index (χ4n) is 3.38. The molecule has 1 N–H and O–H groups in total. The van der Waals surface area contributed by atoms with Crippen LogP contribution in [0, 0.1) is 11.8 Å². The number of para-hydroxylation sites is 2. The third-order valence-corrected chi connectivity index (χ3v) is 4.29. The van der Waals surface area contributed by atoms with Crippen molar-refractivity contribution in [3.8, 4) is 5.75 Å². The van der Waals surface area contributed by atoms with Gasteiger partial charge in [-0.1, -0.05) is 12.1 Å². The normalized spacial score (nSPS) is 29.3. The number of carboxylic acid groups (broad SMARTS) is 1. The maximum atomic E-state index is 12.5. The highest BCUT2D eigenvalue weighted by Gasteiger charge is 2.52. The van der Waals surface area contributed by atoms with Gasteiger partial charge in [-0.3, -0.25) is 4.79 Å². The van der Waals surface area contributed by atoms with Crippen molar-refractivity contribution in [2.24, 2.45) is 11.8 Å². The fourth-order valence-corrected chi connectivity index (χ4v) is 3.38. The van der Waals surface area contributed by atoms with Gasteiger partial charge in [-0.2, -0.15) is 0 Å². The molecule has 2 aliphatic heterocycles. The molecule has 1 amide bonds. The lowest BCUT2D eigenvalue weighted by Gasteiger charge is -2.27. The van der Waals surface area contributed by atoms with E-state index >= 15 is 0 Å². The summed E-state index contributed by atoms with van der Waals surface area (Å²) in [7, 11) is 0. The summed E-state index contributed by atoms with van der Waals surface area (Å²) in [6.07, 6.45) is 0.627. The number of hydrogen-bond acceptors (Lipinski definition) is 5. The number of carbonyl (C=O) groups excluding carboxylic acids is 2. The van der Waals surface area contributed by atoms with E-state index in [4.69, 9.17) is 9.47 Å². The number of hydrogen-bond donors (Lipinski definition) is 1. The average molecular weight is 304 g/mol. The van der Waals surface area contributed by atoms with Crippen LogP contribution in [0.5, 0.6) is 5.75 Å². The first-order chi connectivity index (χ1) is 10.6. The minimum absolute atomic E-state index is 0.341. The van der Waals surface area contributed by atoms with Crippen molar-refractivity contribution in [1.29, 1.82) is 0 Å². The van der Waals surface area contributed by atoms with Crippen molar-refractivity contribution in [3.63, 3.8) is 0 Å². The van der Waals surface area contributed by atoms with E-state index in [-0.39, 0.29) is 12.0 Å². The Morgan fingerprint density at radius 3 is 2.64 bits per heavy atom. The van der Waals surface area contributed by atoms with Gasteiger partial charge in [0.05, 0.1) is 30.4 Å². The molecule has 2 bridgehead atoms. The largest absolute Gasteiger partial charge is 0.550 e. The summed E-state index contributed by atoms with van der Waals surface area (Å²) in [6, 6.07) is 7.08. The Bertz CT molecular complexity index is 588. The first-order valence-corrected chi connectivity index (χ1v) is 7.50. The van der Waals surface area contributed by atoms with Gasteiger partial charge in [0.2, 0.25) is 5.91 Å². The van der Waals surface area contributed by atoms with E-state index in [1.54, 1.807) is 18.2 Å². The average Bonchev–Trinajstić information content (AvgIpc) is 3.10. The lowest BCUT2D eigenvalue weighted by Crippen LogP contribution is -2.46. The monoisotopic (exact) mass is 304 g/mol. The molecule has 4 atom stereocenters. The Morgan fingerprint density at radius 1 is 1.27 bits per heavy atom. The summed E-state index contributed by atoms with van der Waals surface area (Å²) in [5.41, 5.74) is 0.536. The predicted molar refractivity (Wildman–Crippen MR) is 76.1 cm³/mol. The number of carboxylic acids is 1. The number of rotatable bonds is 5. The summed E-state index contributed by atoms with van der Waals surface area (Å²) in [5.74, 6) is -2.59. The Morgan fingerprint density at radius 2 is 1.95 bits per heavy atom. The summed E-state index contributed by atoms with van der Waals surface area (Å²) >= 11 is 0. The number of amides is 1. The molecule has 6 nitrogen and oxygen atoms in total. The van der Waals surface area contributed by atoms with Crippen LogP contribution in [0.15, 0.2) is 24.3 Å². The maximum absolute atomic E-state index is 12.5. The fraction of sp³-hybridized carbons (Fsp3) is 0.500. The molecule has 0 unspecified atom stereocenters. The Labute approximate surface area is 128 Å². The second-order valence-corrected chi connectivity index (χ2v) is 5.58. The number of carbonyl (C=O) groups is 2. The molecule has 1 aromatic carbocycles. The van der Waals surface area contributed by atoms with Crippen molar-refractivity contribution in [2.45, 2.75) is 32.0 Å². The molecule has 2 aliphatic rings. The quantitative estimate of drug-likeness (QED) is 0.859. The first kappa shape index (κ1) is 14.8. The Kier molecular flexibility index (Phi) is 4.02. The molecule has 22 heavy (non-hydrogen) atoms. The van der Waals surface area contributed by atoms with Gasteiger partial charge in [-0.05, 0) is 31.9 Å². The molecule has 6 heteroatoms. The van der Waals surface area contributed by atoms with Gasteiger partial charge >= 0.3 is 0 Å². The molecule has 2 fully saturated rings. The summed E-state index contributed by atoms with van der Waals surface area (Å²) in [6.45, 7) is 2.33. The molecular formula is C16H18NO5-. The highest BCUT2D eigenvalue weighted by atomic mass is 16.5. The van der Waals surface area contributed by atoms with Gasteiger partial charge in [-0.25, -0.2) is 0 Å². The Balaban J connectivity index is 1.78. The second kappa shape index (κ2) is 5.96. The topological polar surface area (TPSA) is 87.7 Å². The van der Waals surface area contributed by atoms with Crippen molar-refractivity contribution in [1.82, 2.24) is 0 Å². The van der Waals surface area contributed by atoms with E-state index < -0.39 is 23.9 Å². The third-order valence-electron chi connectivity index (χ3n) is 4.29. The van der Waals surface area contributed by atoms with Crippen LogP contribution < -0.4 is 15.2 Å². The number of anilines is 1. The second-order valence-electron chi connectivity index (χ2n) is 5.58. The van der Waals surface area contributed by atoms with Gasteiger partial charge in [0, 0.05) is 11.9 Å². The molecule has 0 aliphatic carbocycles. The van der Waals surface area contributed by atoms with Crippen LogP contribution in [-0.4, -0.2) is 30.7 Å². The van der Waals surface area contributed by atoms with E-state index in [1.165, 1.54) is 0 Å². The Hall–Kier alpha value is -2.08. The van der Waals surface area contributed by atoms with Gasteiger partial charge in [0.15, 0.2) is 0 Å². The van der Waals surface area contributed by atoms with Crippen molar-refractivity contribution in [2.75, 3.05) is 11.9 Å². The summed E-state index contributed by atoms with van der Waals surface area (Å²) < 4.78 is 11.0. The molecular weight excluding hydrogens is 286 g/mol. The van der Waals surface area contributed by atoms with Crippen LogP contribution in [0.2, 0.25) is 0 Å². The molecule has 0 spiro atoms. The van der Waals surface area contributed by atoms with Gasteiger partial charge in [0.1, 0.15) is 5.75 Å². The maximum Gasteiger partial charge on any atom is 0.230 e. The van der Waals surface area contributed by atoms with Gasteiger partial charge in [0.25, 0.3) is 0 Å². The molecule has 1 aromatic rings. The number of benzene rings is 1. The van der Waals surface area contributed by atoms with E-state index in [1.807, 2.05) is 13.0 Å². The summed E-state index contributed by atoms with van der Waals surface area (Å²) in [5, 5.41) is 14.1. The third kappa shape index (κ3) is 2.54. The molecule has 118 valence electrons. The first-order valence-electron chi connectivity index (χ1n) is 7.50. The van der Waals surface area contributed by atoms with Crippen LogP contribution in [0.1, 0.15) is 19.8 Å². The van der Waals surface area contributed by atoms with Crippen molar-refractivity contribution < 1.29 is 24.2 Å².